The first kappa shape index (κ1) is 43.4. The first-order valence-corrected chi connectivity index (χ1v) is 19.5. The van der Waals surface area contributed by atoms with Gasteiger partial charge in [-0.1, -0.05) is 84.5 Å². The predicted octanol–water partition coefficient (Wildman–Crippen LogP) is 5.92. The fourth-order valence-corrected chi connectivity index (χ4v) is 7.40. The Morgan fingerprint density at radius 3 is 2.00 bits per heavy atom. The molecule has 12 nitrogen and oxygen atoms in total. The standard InChI is InChI=1S/C32H54N4O6.C5H12.CH3NO/c1-22(37)25(20-23-15-16-23)33-28(38)26-14-11-19-36(26)29(39)27(24-12-7-5-8-13-24)34-30(40)35-32(17-9-6-10-18-32)21-42(41)31(2,3)4;1-3-5-4-2;2-1-3/h23-27,41H,5-21H2,1-4H3,(H2-,33,34,35,38,40);3-5H2,1-2H3;1H,(H2,2,3)/p+1. The molecule has 4 aliphatic rings. The van der Waals surface area contributed by atoms with Gasteiger partial charge in [0.15, 0.2) is 11.4 Å². The van der Waals surface area contributed by atoms with Gasteiger partial charge in [0, 0.05) is 27.3 Å². The predicted molar refractivity (Wildman–Crippen MR) is 196 cm³/mol. The van der Waals surface area contributed by atoms with E-state index in [1.807, 2.05) is 20.8 Å². The second-order valence-corrected chi connectivity index (χ2v) is 16.0. The summed E-state index contributed by atoms with van der Waals surface area (Å²) in [6.45, 7) is 12.3. The molecule has 3 aliphatic carbocycles. The van der Waals surface area contributed by atoms with Gasteiger partial charge in [0.25, 0.3) is 0 Å². The summed E-state index contributed by atoms with van der Waals surface area (Å²) in [5.74, 6) is -0.0289. The normalized spacial score (nSPS) is 21.8. The molecule has 0 radical (unpaired) electrons. The number of hydrogen-bond donors (Lipinski definition) is 5. The van der Waals surface area contributed by atoms with Crippen LogP contribution in [-0.2, 0) is 23.7 Å². The van der Waals surface area contributed by atoms with Crippen molar-refractivity contribution in [2.75, 3.05) is 13.2 Å². The largest absolute Gasteiger partial charge is 0.372 e. The average molecular weight is 709 g/mol. The topological polar surface area (TPSA) is 174 Å². The summed E-state index contributed by atoms with van der Waals surface area (Å²) >= 11 is 0. The van der Waals surface area contributed by atoms with Crippen molar-refractivity contribution in [3.8, 4) is 0 Å². The van der Waals surface area contributed by atoms with Gasteiger partial charge in [0.2, 0.25) is 24.8 Å². The molecule has 4 fully saturated rings. The van der Waals surface area contributed by atoms with Gasteiger partial charge in [0.1, 0.15) is 17.6 Å². The van der Waals surface area contributed by atoms with Gasteiger partial charge < -0.3 is 26.6 Å². The number of carbonyl (C=O) groups excluding carboxylic acids is 5. The molecule has 0 aromatic rings. The second kappa shape index (κ2) is 21.6. The van der Waals surface area contributed by atoms with E-state index in [0.717, 1.165) is 77.0 Å². The highest BCUT2D eigenvalue weighted by atomic mass is 17.2. The highest BCUT2D eigenvalue weighted by molar-refractivity contribution is 5.94. The van der Waals surface area contributed by atoms with Crippen molar-refractivity contribution in [3.63, 3.8) is 0 Å². The Bertz CT molecular complexity index is 1060. The molecule has 3 saturated carbocycles. The van der Waals surface area contributed by atoms with Crippen LogP contribution in [-0.4, -0.2) is 82.6 Å². The second-order valence-electron chi connectivity index (χ2n) is 16.0. The first-order valence-electron chi connectivity index (χ1n) is 19.5. The summed E-state index contributed by atoms with van der Waals surface area (Å²) in [6, 6.07) is -2.27. The van der Waals surface area contributed by atoms with Crippen LogP contribution in [0.15, 0.2) is 0 Å². The molecule has 3 unspecified atom stereocenters. The Balaban J connectivity index is 0.000000979. The van der Waals surface area contributed by atoms with Gasteiger partial charge in [0.05, 0.1) is 6.04 Å². The quantitative estimate of drug-likeness (QED) is 0.0687. The van der Waals surface area contributed by atoms with Gasteiger partial charge in [-0.2, -0.15) is 0 Å². The Labute approximate surface area is 301 Å². The van der Waals surface area contributed by atoms with Crippen LogP contribution in [0.5, 0.6) is 0 Å². The zero-order chi connectivity index (χ0) is 37.3. The maximum Gasteiger partial charge on any atom is 0.316 e. The summed E-state index contributed by atoms with van der Waals surface area (Å²) in [6.07, 6.45) is 17.8. The molecule has 50 heavy (non-hydrogen) atoms. The van der Waals surface area contributed by atoms with E-state index in [-0.39, 0.29) is 36.5 Å². The number of hydrogen-bond acceptors (Lipinski definition) is 6. The van der Waals surface area contributed by atoms with Crippen molar-refractivity contribution in [1.82, 2.24) is 20.9 Å². The molecular formula is C38H70N5O7+. The number of carbonyl (C=O) groups is 5. The number of nitrogens with two attached hydrogens (primary N) is 1. The Kier molecular flexibility index (Phi) is 18.8. The van der Waals surface area contributed by atoms with Crippen molar-refractivity contribution >= 4 is 30.0 Å². The lowest BCUT2D eigenvalue weighted by atomic mass is 9.82. The number of primary amides is 1. The van der Waals surface area contributed by atoms with Crippen LogP contribution in [0.4, 0.5) is 4.79 Å². The number of nitrogens with zero attached hydrogens (tertiary/aromatic N) is 1. The fourth-order valence-electron chi connectivity index (χ4n) is 7.40. The number of nitrogens with one attached hydrogen (secondary N) is 3. The highest BCUT2D eigenvalue weighted by Gasteiger charge is 2.45. The molecule has 0 bridgehead atoms. The van der Waals surface area contributed by atoms with E-state index in [0.29, 0.717) is 31.7 Å². The molecule has 4 rings (SSSR count). The maximum atomic E-state index is 14.2. The zero-order valence-electron chi connectivity index (χ0n) is 32.0. The van der Waals surface area contributed by atoms with E-state index in [1.54, 1.807) is 4.90 Å². The average Bonchev–Trinajstić information content (AvgIpc) is 3.75. The third-order valence-electron chi connectivity index (χ3n) is 10.6. The minimum atomic E-state index is -0.727. The van der Waals surface area contributed by atoms with Crippen LogP contribution >= 0.6 is 0 Å². The molecule has 12 heteroatoms. The minimum Gasteiger partial charge on any atom is -0.372 e. The lowest BCUT2D eigenvalue weighted by Crippen LogP contribution is -2.62. The molecule has 288 valence electrons. The molecule has 1 saturated heterocycles. The zero-order valence-corrected chi connectivity index (χ0v) is 32.0. The summed E-state index contributed by atoms with van der Waals surface area (Å²) in [4.78, 5) is 63.7. The number of amides is 5. The van der Waals surface area contributed by atoms with Crippen LogP contribution < -0.4 is 21.7 Å². The molecule has 0 spiro atoms. The smallest absolute Gasteiger partial charge is 0.316 e. The number of Topliss-reactive ketones (excluding diaryl/α,β-unsaturated/α-hetero) is 1. The maximum absolute atomic E-state index is 14.2. The van der Waals surface area contributed by atoms with Gasteiger partial charge in [-0.3, -0.25) is 19.2 Å². The number of unbranched alkanes of at least 4 members (excludes halogenated alkanes) is 2. The molecule has 0 aromatic carbocycles. The molecular weight excluding hydrogens is 638 g/mol. The van der Waals surface area contributed by atoms with Gasteiger partial charge in [-0.05, 0) is 63.7 Å². The van der Waals surface area contributed by atoms with Gasteiger partial charge in [-0.25, -0.2) is 9.31 Å². The van der Waals surface area contributed by atoms with E-state index >= 15 is 0 Å². The number of likely N-dealkylation sites (tertiary alicyclic amines) is 1. The van der Waals surface area contributed by atoms with Crippen LogP contribution in [0.1, 0.15) is 157 Å². The van der Waals surface area contributed by atoms with Crippen LogP contribution in [0, 0.1) is 11.8 Å². The first-order chi connectivity index (χ1) is 23.7. The summed E-state index contributed by atoms with van der Waals surface area (Å²) in [7, 11) is 0. The van der Waals surface area contributed by atoms with Crippen molar-refractivity contribution in [3.05, 3.63) is 0 Å². The van der Waals surface area contributed by atoms with E-state index in [4.69, 9.17) is 4.79 Å². The Morgan fingerprint density at radius 2 is 1.50 bits per heavy atom. The van der Waals surface area contributed by atoms with Crippen LogP contribution in [0.25, 0.3) is 0 Å². The third-order valence-corrected chi connectivity index (χ3v) is 10.6. The highest BCUT2D eigenvalue weighted by Crippen LogP contribution is 2.35. The monoisotopic (exact) mass is 709 g/mol. The van der Waals surface area contributed by atoms with E-state index in [9.17, 15) is 24.4 Å². The molecule has 6 N–H and O–H groups in total. The van der Waals surface area contributed by atoms with Crippen LogP contribution in [0.2, 0.25) is 0 Å². The Morgan fingerprint density at radius 1 is 0.920 bits per heavy atom. The fraction of sp³-hybridized carbons (Fsp3) is 0.868. The van der Waals surface area contributed by atoms with Crippen molar-refractivity contribution < 1.29 is 33.7 Å². The van der Waals surface area contributed by atoms with Crippen molar-refractivity contribution in [2.24, 2.45) is 17.6 Å². The van der Waals surface area contributed by atoms with E-state index in [2.05, 4.69) is 40.0 Å². The molecule has 3 atom stereocenters. The third kappa shape index (κ3) is 14.5. The van der Waals surface area contributed by atoms with Crippen molar-refractivity contribution in [1.29, 1.82) is 0 Å². The SMILES string of the molecule is CC(=O)C(CC1CC1)NC(=O)C1CCCN1C(=O)C(NC(=O)NC1(C[O+](O)C(C)(C)C)CCCCC1)C1CCCCC1.CCCCC.NC=O. The Hall–Kier alpha value is -2.73. The lowest BCUT2D eigenvalue weighted by Gasteiger charge is -2.40. The molecule has 5 amide bonds. The van der Waals surface area contributed by atoms with E-state index < -0.39 is 35.3 Å². The van der Waals surface area contributed by atoms with E-state index in [1.165, 1.54) is 26.2 Å². The van der Waals surface area contributed by atoms with Gasteiger partial charge in [-0.15, -0.1) is 5.26 Å². The van der Waals surface area contributed by atoms with Crippen molar-refractivity contribution in [2.45, 2.75) is 186 Å². The lowest BCUT2D eigenvalue weighted by molar-refractivity contribution is -0.489. The summed E-state index contributed by atoms with van der Waals surface area (Å²) in [5, 5.41) is 19.9. The number of urea groups is 1. The summed E-state index contributed by atoms with van der Waals surface area (Å²) in [5.41, 5.74) is 3.00. The van der Waals surface area contributed by atoms with Gasteiger partial charge >= 0.3 is 6.03 Å². The number of ketones is 1. The molecule has 1 heterocycles. The minimum absolute atomic E-state index is 0.00161. The summed E-state index contributed by atoms with van der Waals surface area (Å²) < 4.78 is 2.25. The number of rotatable bonds is 13. The molecule has 1 aliphatic heterocycles. The molecule has 0 aromatic heterocycles. The van der Waals surface area contributed by atoms with Crippen LogP contribution in [0.3, 0.4) is 0 Å².